The third-order valence-electron chi connectivity index (χ3n) is 3.01. The predicted octanol–water partition coefficient (Wildman–Crippen LogP) is 0.858. The van der Waals surface area contributed by atoms with Gasteiger partial charge in [0.1, 0.15) is 5.75 Å². The molecule has 0 aliphatic carbocycles. The molecule has 112 valence electrons. The van der Waals surface area contributed by atoms with Gasteiger partial charge in [-0.05, 0) is 24.1 Å². The van der Waals surface area contributed by atoms with E-state index >= 15 is 0 Å². The second-order valence-electron chi connectivity index (χ2n) is 4.96. The number of nitrogens with one attached hydrogen (secondary N) is 2. The first-order valence-corrected chi connectivity index (χ1v) is 6.52. The van der Waals surface area contributed by atoms with Crippen LogP contribution in [0.1, 0.15) is 23.7 Å². The van der Waals surface area contributed by atoms with E-state index in [1.54, 1.807) is 25.1 Å². The summed E-state index contributed by atoms with van der Waals surface area (Å²) < 4.78 is 5.24. The smallest absolute Gasteiger partial charge is 0.303 e. The van der Waals surface area contributed by atoms with E-state index in [0.717, 1.165) is 0 Å². The highest BCUT2D eigenvalue weighted by atomic mass is 16.5. The summed E-state index contributed by atoms with van der Waals surface area (Å²) in [6, 6.07) is 4.72. The van der Waals surface area contributed by atoms with Gasteiger partial charge in [-0.1, -0.05) is 6.92 Å². The zero-order valence-corrected chi connectivity index (χ0v) is 11.5. The topological polar surface area (TPSA) is 105 Å². The molecule has 0 saturated heterocycles. The van der Waals surface area contributed by atoms with Gasteiger partial charge in [0, 0.05) is 18.5 Å². The molecule has 1 unspecified atom stereocenters. The van der Waals surface area contributed by atoms with Crippen LogP contribution >= 0.6 is 0 Å². The van der Waals surface area contributed by atoms with Gasteiger partial charge in [-0.25, -0.2) is 0 Å². The van der Waals surface area contributed by atoms with Crippen molar-refractivity contribution in [2.24, 2.45) is 5.92 Å². The average Bonchev–Trinajstić information content (AvgIpc) is 2.43. The van der Waals surface area contributed by atoms with E-state index in [4.69, 9.17) is 9.84 Å². The summed E-state index contributed by atoms with van der Waals surface area (Å²) in [5, 5.41) is 14.0. The van der Waals surface area contributed by atoms with Crippen LogP contribution in [0.15, 0.2) is 18.2 Å². The number of amides is 2. The Kier molecular flexibility index (Phi) is 4.42. The molecule has 7 nitrogen and oxygen atoms in total. The Morgan fingerprint density at radius 1 is 1.48 bits per heavy atom. The van der Waals surface area contributed by atoms with E-state index in [1.165, 1.54) is 0 Å². The summed E-state index contributed by atoms with van der Waals surface area (Å²) in [7, 11) is 0. The maximum atomic E-state index is 12.0. The van der Waals surface area contributed by atoms with Crippen LogP contribution in [-0.2, 0) is 9.59 Å². The Bertz CT molecular complexity index is 585. The molecule has 1 aliphatic heterocycles. The monoisotopic (exact) mass is 292 g/mol. The van der Waals surface area contributed by atoms with Gasteiger partial charge in [0.2, 0.25) is 0 Å². The molecule has 0 radical (unpaired) electrons. The summed E-state index contributed by atoms with van der Waals surface area (Å²) in [6.07, 6.45) is -0.000386. The third-order valence-corrected chi connectivity index (χ3v) is 3.01. The molecule has 1 heterocycles. The number of ether oxygens (including phenoxy) is 1. The molecule has 0 spiro atoms. The number of hydrogen-bond donors (Lipinski definition) is 3. The van der Waals surface area contributed by atoms with Gasteiger partial charge in [0.05, 0.1) is 5.69 Å². The first-order chi connectivity index (χ1) is 9.95. The maximum absolute atomic E-state index is 12.0. The molecule has 2 rings (SSSR count). The van der Waals surface area contributed by atoms with Crippen LogP contribution in [0.2, 0.25) is 0 Å². The molecule has 1 aromatic rings. The van der Waals surface area contributed by atoms with Gasteiger partial charge in [0.15, 0.2) is 6.61 Å². The van der Waals surface area contributed by atoms with Crippen LogP contribution in [0.4, 0.5) is 5.69 Å². The molecule has 0 saturated carbocycles. The minimum atomic E-state index is -0.894. The van der Waals surface area contributed by atoms with Crippen LogP contribution < -0.4 is 15.4 Å². The molecule has 1 aliphatic rings. The second-order valence-corrected chi connectivity index (χ2v) is 4.96. The molecular weight excluding hydrogens is 276 g/mol. The number of hydrogen-bond acceptors (Lipinski definition) is 4. The Balaban J connectivity index is 1.97. The standard InChI is InChI=1S/C14H16N2O5/c1-8(4-13(18)19)6-15-14(20)9-2-3-10-11(5-9)21-7-12(17)16-10/h2-3,5,8H,4,6-7H2,1H3,(H,15,20)(H,16,17)(H,18,19). The number of carboxylic acids is 1. The van der Waals surface area contributed by atoms with Crippen molar-refractivity contribution in [2.75, 3.05) is 18.5 Å². The molecular formula is C14H16N2O5. The van der Waals surface area contributed by atoms with E-state index < -0.39 is 5.97 Å². The highest BCUT2D eigenvalue weighted by molar-refractivity contribution is 5.98. The molecule has 7 heteroatoms. The molecule has 3 N–H and O–H groups in total. The summed E-state index contributed by atoms with van der Waals surface area (Å²) in [5.74, 6) is -1.15. The van der Waals surface area contributed by atoms with E-state index in [1.807, 2.05) is 0 Å². The lowest BCUT2D eigenvalue weighted by Crippen LogP contribution is -2.30. The summed E-state index contributed by atoms with van der Waals surface area (Å²) in [5.41, 5.74) is 0.925. The largest absolute Gasteiger partial charge is 0.482 e. The lowest BCUT2D eigenvalue weighted by atomic mass is 10.1. The van der Waals surface area contributed by atoms with Gasteiger partial charge in [-0.2, -0.15) is 0 Å². The van der Waals surface area contributed by atoms with Crippen LogP contribution in [0.25, 0.3) is 0 Å². The Morgan fingerprint density at radius 3 is 2.95 bits per heavy atom. The van der Waals surface area contributed by atoms with Gasteiger partial charge in [-0.3, -0.25) is 14.4 Å². The number of carboxylic acid groups (broad SMARTS) is 1. The van der Waals surface area contributed by atoms with E-state index in [-0.39, 0.29) is 37.3 Å². The number of rotatable bonds is 5. The maximum Gasteiger partial charge on any atom is 0.303 e. The zero-order chi connectivity index (χ0) is 15.4. The van der Waals surface area contributed by atoms with Crippen molar-refractivity contribution >= 4 is 23.5 Å². The first kappa shape index (κ1) is 14.8. The molecule has 1 aromatic carbocycles. The molecule has 0 fully saturated rings. The van der Waals surface area contributed by atoms with Gasteiger partial charge in [0.25, 0.3) is 11.8 Å². The number of benzene rings is 1. The normalized spacial score (nSPS) is 14.4. The molecule has 0 bridgehead atoms. The zero-order valence-electron chi connectivity index (χ0n) is 11.5. The minimum absolute atomic E-state index is 0.000386. The number of carbonyl (C=O) groups is 3. The quantitative estimate of drug-likeness (QED) is 0.746. The van der Waals surface area contributed by atoms with Crippen molar-refractivity contribution in [3.63, 3.8) is 0 Å². The van der Waals surface area contributed by atoms with Crippen molar-refractivity contribution in [3.05, 3.63) is 23.8 Å². The number of anilines is 1. The van der Waals surface area contributed by atoms with Crippen LogP contribution in [0.3, 0.4) is 0 Å². The number of fused-ring (bicyclic) bond motifs is 1. The Hall–Kier alpha value is -2.57. The van der Waals surface area contributed by atoms with Crippen molar-refractivity contribution in [1.29, 1.82) is 0 Å². The Morgan fingerprint density at radius 2 is 2.24 bits per heavy atom. The molecule has 2 amide bonds. The van der Waals surface area contributed by atoms with Gasteiger partial charge in [-0.15, -0.1) is 0 Å². The lowest BCUT2D eigenvalue weighted by Gasteiger charge is -2.18. The van der Waals surface area contributed by atoms with Crippen LogP contribution in [0.5, 0.6) is 5.75 Å². The van der Waals surface area contributed by atoms with Gasteiger partial charge < -0.3 is 20.5 Å². The van der Waals surface area contributed by atoms with Crippen molar-refractivity contribution in [2.45, 2.75) is 13.3 Å². The highest BCUT2D eigenvalue weighted by Gasteiger charge is 2.18. The fourth-order valence-corrected chi connectivity index (χ4v) is 1.96. The van der Waals surface area contributed by atoms with Crippen LogP contribution in [-0.4, -0.2) is 36.0 Å². The fraction of sp³-hybridized carbons (Fsp3) is 0.357. The van der Waals surface area contributed by atoms with E-state index in [0.29, 0.717) is 17.0 Å². The summed E-state index contributed by atoms with van der Waals surface area (Å²) in [6.45, 7) is 1.95. The SMILES string of the molecule is CC(CNC(=O)c1ccc2c(c1)OCC(=O)N2)CC(=O)O. The van der Waals surface area contributed by atoms with Crippen molar-refractivity contribution in [1.82, 2.24) is 5.32 Å². The van der Waals surface area contributed by atoms with E-state index in [9.17, 15) is 14.4 Å². The molecule has 0 aromatic heterocycles. The average molecular weight is 292 g/mol. The molecule has 21 heavy (non-hydrogen) atoms. The summed E-state index contributed by atoms with van der Waals surface area (Å²) in [4.78, 5) is 33.7. The lowest BCUT2D eigenvalue weighted by molar-refractivity contribution is -0.137. The van der Waals surface area contributed by atoms with Gasteiger partial charge >= 0.3 is 5.97 Å². The van der Waals surface area contributed by atoms with E-state index in [2.05, 4.69) is 10.6 Å². The fourth-order valence-electron chi connectivity index (χ4n) is 1.96. The van der Waals surface area contributed by atoms with Crippen molar-refractivity contribution < 1.29 is 24.2 Å². The first-order valence-electron chi connectivity index (χ1n) is 6.52. The highest BCUT2D eigenvalue weighted by Crippen LogP contribution is 2.28. The number of aliphatic carboxylic acids is 1. The van der Waals surface area contributed by atoms with Crippen LogP contribution in [0, 0.1) is 5.92 Å². The Labute approximate surface area is 121 Å². The third kappa shape index (κ3) is 3.95. The van der Waals surface area contributed by atoms with Crippen molar-refractivity contribution in [3.8, 4) is 5.75 Å². The summed E-state index contributed by atoms with van der Waals surface area (Å²) >= 11 is 0. The molecule has 1 atom stereocenters. The minimum Gasteiger partial charge on any atom is -0.482 e. The second kappa shape index (κ2) is 6.25. The predicted molar refractivity (Wildman–Crippen MR) is 74.3 cm³/mol. The number of carbonyl (C=O) groups excluding carboxylic acids is 2.